The summed E-state index contributed by atoms with van der Waals surface area (Å²) in [5.41, 5.74) is 0.764. The minimum atomic E-state index is 0.0766. The Bertz CT molecular complexity index is 350. The van der Waals surface area contributed by atoms with Gasteiger partial charge in [-0.2, -0.15) is 5.11 Å². The van der Waals surface area contributed by atoms with Crippen LogP contribution in [-0.4, -0.2) is 17.6 Å². The Labute approximate surface area is 86.8 Å². The Kier molecular flexibility index (Phi) is 2.93. The van der Waals surface area contributed by atoms with Crippen LogP contribution in [0.1, 0.15) is 16.8 Å². The van der Waals surface area contributed by atoms with Crippen molar-refractivity contribution in [3.8, 4) is 0 Å². The first-order valence-electron chi connectivity index (χ1n) is 4.46. The second-order valence-electron chi connectivity index (χ2n) is 3.14. The lowest BCUT2D eigenvalue weighted by Crippen LogP contribution is -2.11. The van der Waals surface area contributed by atoms with Gasteiger partial charge < -0.3 is 0 Å². The monoisotopic (exact) mass is 206 g/mol. The highest BCUT2D eigenvalue weighted by Crippen LogP contribution is 2.20. The van der Waals surface area contributed by atoms with Gasteiger partial charge in [-0.05, 0) is 11.9 Å². The normalized spacial score (nSPS) is 19.9. The summed E-state index contributed by atoms with van der Waals surface area (Å²) in [7, 11) is 0. The highest BCUT2D eigenvalue weighted by molar-refractivity contribution is 7.98. The SMILES string of the molecule is O=C(CC1CSN=N1)c1ccccc1. The van der Waals surface area contributed by atoms with Crippen LogP contribution < -0.4 is 0 Å². The van der Waals surface area contributed by atoms with Crippen molar-refractivity contribution >= 4 is 17.7 Å². The molecule has 1 aliphatic rings. The number of hydrogen-bond acceptors (Lipinski definition) is 4. The maximum Gasteiger partial charge on any atom is 0.165 e. The Morgan fingerprint density at radius 3 is 2.86 bits per heavy atom. The van der Waals surface area contributed by atoms with E-state index in [2.05, 4.69) is 9.63 Å². The molecule has 1 heterocycles. The molecule has 72 valence electrons. The number of carbonyl (C=O) groups is 1. The van der Waals surface area contributed by atoms with E-state index in [-0.39, 0.29) is 11.8 Å². The molecule has 0 amide bonds. The van der Waals surface area contributed by atoms with Crippen molar-refractivity contribution in [1.29, 1.82) is 0 Å². The van der Waals surface area contributed by atoms with Gasteiger partial charge in [0.1, 0.15) is 0 Å². The molecule has 0 saturated heterocycles. The van der Waals surface area contributed by atoms with Gasteiger partial charge >= 0.3 is 0 Å². The number of hydrogen-bond donors (Lipinski definition) is 0. The summed E-state index contributed by atoms with van der Waals surface area (Å²) in [4.78, 5) is 11.7. The van der Waals surface area contributed by atoms with Gasteiger partial charge in [-0.1, -0.05) is 30.3 Å². The third-order valence-corrected chi connectivity index (χ3v) is 2.80. The molecular weight excluding hydrogens is 196 g/mol. The van der Waals surface area contributed by atoms with Crippen LogP contribution in [-0.2, 0) is 0 Å². The van der Waals surface area contributed by atoms with E-state index >= 15 is 0 Å². The van der Waals surface area contributed by atoms with Crippen molar-refractivity contribution in [1.82, 2.24) is 0 Å². The van der Waals surface area contributed by atoms with Gasteiger partial charge in [0.15, 0.2) is 5.78 Å². The first-order chi connectivity index (χ1) is 6.86. The third kappa shape index (κ3) is 2.20. The van der Waals surface area contributed by atoms with Crippen molar-refractivity contribution in [2.75, 3.05) is 5.75 Å². The van der Waals surface area contributed by atoms with Crippen LogP contribution in [0.4, 0.5) is 0 Å². The molecule has 1 unspecified atom stereocenters. The maximum absolute atomic E-state index is 11.7. The largest absolute Gasteiger partial charge is 0.294 e. The van der Waals surface area contributed by atoms with E-state index in [0.29, 0.717) is 6.42 Å². The number of nitrogens with zero attached hydrogens (tertiary/aromatic N) is 2. The molecule has 0 radical (unpaired) electrons. The summed E-state index contributed by atoms with van der Waals surface area (Å²) >= 11 is 1.43. The standard InChI is InChI=1S/C10H10N2OS/c13-10(6-9-7-14-12-11-9)8-4-2-1-3-5-8/h1-5,9H,6-7H2. The quantitative estimate of drug-likeness (QED) is 0.563. The average Bonchev–Trinajstić information content (AvgIpc) is 2.72. The lowest BCUT2D eigenvalue weighted by Gasteiger charge is -2.02. The van der Waals surface area contributed by atoms with E-state index in [0.717, 1.165) is 11.3 Å². The minimum absolute atomic E-state index is 0.0766. The summed E-state index contributed by atoms with van der Waals surface area (Å²) in [6.07, 6.45) is 0.473. The van der Waals surface area contributed by atoms with Crippen molar-refractivity contribution < 1.29 is 4.79 Å². The van der Waals surface area contributed by atoms with Crippen molar-refractivity contribution in [3.05, 3.63) is 35.9 Å². The van der Waals surface area contributed by atoms with Gasteiger partial charge in [-0.15, -0.1) is 4.52 Å². The lowest BCUT2D eigenvalue weighted by atomic mass is 10.1. The predicted octanol–water partition coefficient (Wildman–Crippen LogP) is 2.74. The first-order valence-corrected chi connectivity index (χ1v) is 5.41. The summed E-state index contributed by atoms with van der Waals surface area (Å²) in [6, 6.07) is 9.40. The molecule has 2 rings (SSSR count). The predicted molar refractivity (Wildman–Crippen MR) is 56.5 cm³/mol. The van der Waals surface area contributed by atoms with E-state index in [1.165, 1.54) is 11.9 Å². The van der Waals surface area contributed by atoms with E-state index < -0.39 is 0 Å². The zero-order chi connectivity index (χ0) is 9.80. The van der Waals surface area contributed by atoms with E-state index in [1.54, 1.807) is 0 Å². The number of benzene rings is 1. The molecule has 1 aromatic carbocycles. The Morgan fingerprint density at radius 1 is 1.43 bits per heavy atom. The molecule has 0 spiro atoms. The van der Waals surface area contributed by atoms with Crippen LogP contribution >= 0.6 is 11.9 Å². The highest BCUT2D eigenvalue weighted by atomic mass is 32.2. The fourth-order valence-corrected chi connectivity index (χ4v) is 1.93. The van der Waals surface area contributed by atoms with E-state index in [9.17, 15) is 4.79 Å². The smallest absolute Gasteiger partial charge is 0.165 e. The van der Waals surface area contributed by atoms with Crippen LogP contribution in [0.3, 0.4) is 0 Å². The molecule has 1 aliphatic heterocycles. The number of Topliss-reactive ketones (excluding diaryl/α,β-unsaturated/α-hetero) is 1. The molecule has 14 heavy (non-hydrogen) atoms. The molecule has 3 nitrogen and oxygen atoms in total. The summed E-state index contributed by atoms with van der Waals surface area (Å²) in [5.74, 6) is 0.982. The van der Waals surface area contributed by atoms with Gasteiger partial charge in [-0.3, -0.25) is 4.79 Å². The van der Waals surface area contributed by atoms with Crippen molar-refractivity contribution in [2.24, 2.45) is 9.63 Å². The van der Waals surface area contributed by atoms with Crippen LogP contribution in [0.25, 0.3) is 0 Å². The summed E-state index contributed by atoms with van der Waals surface area (Å²) in [5, 5.41) is 3.97. The minimum Gasteiger partial charge on any atom is -0.294 e. The summed E-state index contributed by atoms with van der Waals surface area (Å²) in [6.45, 7) is 0. The molecule has 0 bridgehead atoms. The summed E-state index contributed by atoms with van der Waals surface area (Å²) < 4.78 is 3.80. The van der Waals surface area contributed by atoms with Crippen LogP contribution in [0, 0.1) is 0 Å². The Hall–Kier alpha value is -1.16. The van der Waals surface area contributed by atoms with Crippen LogP contribution in [0.5, 0.6) is 0 Å². The fourth-order valence-electron chi connectivity index (χ4n) is 1.31. The topological polar surface area (TPSA) is 41.8 Å². The maximum atomic E-state index is 11.7. The van der Waals surface area contributed by atoms with Gasteiger partial charge in [0.25, 0.3) is 0 Å². The fraction of sp³-hybridized carbons (Fsp3) is 0.300. The van der Waals surface area contributed by atoms with Gasteiger partial charge in [0.2, 0.25) is 0 Å². The first kappa shape index (κ1) is 9.40. The number of carbonyl (C=O) groups excluding carboxylic acids is 1. The molecule has 0 aliphatic carbocycles. The van der Waals surface area contributed by atoms with Gasteiger partial charge in [-0.25, -0.2) is 0 Å². The second kappa shape index (κ2) is 4.37. The molecule has 4 heteroatoms. The molecule has 0 saturated carbocycles. The van der Waals surface area contributed by atoms with Gasteiger partial charge in [0, 0.05) is 17.7 Å². The zero-order valence-electron chi connectivity index (χ0n) is 7.59. The third-order valence-electron chi connectivity index (χ3n) is 2.05. The van der Waals surface area contributed by atoms with E-state index in [1.807, 2.05) is 30.3 Å². The van der Waals surface area contributed by atoms with Gasteiger partial charge in [0.05, 0.1) is 6.04 Å². The van der Waals surface area contributed by atoms with E-state index in [4.69, 9.17) is 0 Å². The zero-order valence-corrected chi connectivity index (χ0v) is 8.41. The number of rotatable bonds is 3. The molecule has 0 aromatic heterocycles. The Morgan fingerprint density at radius 2 is 2.21 bits per heavy atom. The molecule has 0 N–H and O–H groups in total. The second-order valence-corrected chi connectivity index (χ2v) is 3.89. The van der Waals surface area contributed by atoms with Crippen molar-refractivity contribution in [2.45, 2.75) is 12.5 Å². The lowest BCUT2D eigenvalue weighted by molar-refractivity contribution is 0.0977. The molecule has 0 fully saturated rings. The molecule has 1 atom stereocenters. The van der Waals surface area contributed by atoms with Crippen LogP contribution in [0.2, 0.25) is 0 Å². The number of ketones is 1. The highest BCUT2D eigenvalue weighted by Gasteiger charge is 2.17. The van der Waals surface area contributed by atoms with Crippen LogP contribution in [0.15, 0.2) is 40.0 Å². The van der Waals surface area contributed by atoms with Crippen molar-refractivity contribution in [3.63, 3.8) is 0 Å². The Balaban J connectivity index is 1.99. The molecular formula is C10H10N2OS. The molecule has 1 aromatic rings. The average molecular weight is 206 g/mol.